The molecule has 25 heavy (non-hydrogen) atoms. The highest BCUT2D eigenvalue weighted by Gasteiger charge is 2.35. The van der Waals surface area contributed by atoms with E-state index in [0.29, 0.717) is 12.1 Å². The second kappa shape index (κ2) is 7.68. The Morgan fingerprint density at radius 2 is 1.72 bits per heavy atom. The first-order chi connectivity index (χ1) is 11.7. The standard InChI is InChI=1S/C19H26N2O4/c1-19(2,18(24)25)21(3)17(23)15-10-8-13(9-11-15)12-20-16(22)14-6-4-5-7-14/h8-11,14H,4-7,12H2,1-3H3,(H,20,22)(H,24,25). The highest BCUT2D eigenvalue weighted by molar-refractivity contribution is 5.97. The summed E-state index contributed by atoms with van der Waals surface area (Å²) in [6.45, 7) is 3.40. The number of hydrogen-bond donors (Lipinski definition) is 2. The molecule has 2 amide bonds. The molecule has 1 aromatic carbocycles. The van der Waals surface area contributed by atoms with Gasteiger partial charge in [0.25, 0.3) is 5.91 Å². The summed E-state index contributed by atoms with van der Waals surface area (Å²) < 4.78 is 0. The summed E-state index contributed by atoms with van der Waals surface area (Å²) >= 11 is 0. The molecule has 1 aliphatic carbocycles. The van der Waals surface area contributed by atoms with Crippen molar-refractivity contribution in [3.63, 3.8) is 0 Å². The molecule has 6 heteroatoms. The Balaban J connectivity index is 1.96. The third kappa shape index (κ3) is 4.38. The molecule has 0 radical (unpaired) electrons. The molecule has 0 bridgehead atoms. The van der Waals surface area contributed by atoms with Crippen LogP contribution in [-0.4, -0.2) is 40.4 Å². The minimum Gasteiger partial charge on any atom is -0.480 e. The van der Waals surface area contributed by atoms with Crippen molar-refractivity contribution in [3.8, 4) is 0 Å². The number of amides is 2. The van der Waals surface area contributed by atoms with Gasteiger partial charge >= 0.3 is 5.97 Å². The number of nitrogens with one attached hydrogen (secondary N) is 1. The van der Waals surface area contributed by atoms with Crippen LogP contribution in [0.5, 0.6) is 0 Å². The molecule has 0 spiro atoms. The number of benzene rings is 1. The van der Waals surface area contributed by atoms with Gasteiger partial charge in [0.05, 0.1) is 0 Å². The first-order valence-corrected chi connectivity index (χ1v) is 8.61. The molecule has 1 aliphatic rings. The van der Waals surface area contributed by atoms with Crippen molar-refractivity contribution in [3.05, 3.63) is 35.4 Å². The first kappa shape index (κ1) is 19.0. The van der Waals surface area contributed by atoms with Crippen molar-refractivity contribution in [1.29, 1.82) is 0 Å². The highest BCUT2D eigenvalue weighted by Crippen LogP contribution is 2.24. The molecule has 2 rings (SSSR count). The van der Waals surface area contributed by atoms with E-state index in [1.54, 1.807) is 24.3 Å². The third-order valence-corrected chi connectivity index (χ3v) is 5.06. The van der Waals surface area contributed by atoms with Gasteiger partial charge < -0.3 is 15.3 Å². The fourth-order valence-electron chi connectivity index (χ4n) is 2.88. The average molecular weight is 346 g/mol. The van der Waals surface area contributed by atoms with E-state index in [-0.39, 0.29) is 17.7 Å². The zero-order valence-corrected chi connectivity index (χ0v) is 15.0. The maximum Gasteiger partial charge on any atom is 0.329 e. The van der Waals surface area contributed by atoms with E-state index in [9.17, 15) is 19.5 Å². The summed E-state index contributed by atoms with van der Waals surface area (Å²) in [5, 5.41) is 12.2. The van der Waals surface area contributed by atoms with Gasteiger partial charge in [-0.05, 0) is 44.4 Å². The van der Waals surface area contributed by atoms with E-state index in [0.717, 1.165) is 31.2 Å². The van der Waals surface area contributed by atoms with Crippen LogP contribution in [0.2, 0.25) is 0 Å². The van der Waals surface area contributed by atoms with Gasteiger partial charge in [-0.15, -0.1) is 0 Å². The Morgan fingerprint density at radius 1 is 1.16 bits per heavy atom. The first-order valence-electron chi connectivity index (χ1n) is 8.61. The number of carboxylic acids is 1. The molecule has 6 nitrogen and oxygen atoms in total. The summed E-state index contributed by atoms with van der Waals surface area (Å²) in [5.41, 5.74) is 0.0381. The average Bonchev–Trinajstić information content (AvgIpc) is 3.13. The second-order valence-electron chi connectivity index (χ2n) is 7.12. The van der Waals surface area contributed by atoms with E-state index >= 15 is 0 Å². The van der Waals surface area contributed by atoms with Crippen LogP contribution in [0.25, 0.3) is 0 Å². The van der Waals surface area contributed by atoms with Gasteiger partial charge in [0.1, 0.15) is 5.54 Å². The van der Waals surface area contributed by atoms with E-state index in [1.165, 1.54) is 25.8 Å². The molecule has 136 valence electrons. The van der Waals surface area contributed by atoms with Crippen LogP contribution >= 0.6 is 0 Å². The molecule has 0 saturated heterocycles. The van der Waals surface area contributed by atoms with Crippen LogP contribution in [0, 0.1) is 5.92 Å². The Kier molecular flexibility index (Phi) is 5.82. The van der Waals surface area contributed by atoms with Crippen molar-refractivity contribution in [2.24, 2.45) is 5.92 Å². The van der Waals surface area contributed by atoms with E-state index in [1.807, 2.05) is 0 Å². The molecule has 0 atom stereocenters. The SMILES string of the molecule is CN(C(=O)c1ccc(CNC(=O)C2CCCC2)cc1)C(C)(C)C(=O)O. The number of rotatable bonds is 6. The summed E-state index contributed by atoms with van der Waals surface area (Å²) in [6.07, 6.45) is 4.17. The Morgan fingerprint density at radius 3 is 2.24 bits per heavy atom. The number of aliphatic carboxylic acids is 1. The molecule has 0 aromatic heterocycles. The minimum atomic E-state index is -1.29. The van der Waals surface area contributed by atoms with E-state index < -0.39 is 11.5 Å². The third-order valence-electron chi connectivity index (χ3n) is 5.06. The van der Waals surface area contributed by atoms with Gasteiger partial charge in [0.2, 0.25) is 5.91 Å². The van der Waals surface area contributed by atoms with E-state index in [4.69, 9.17) is 0 Å². The van der Waals surface area contributed by atoms with Crippen molar-refractivity contribution >= 4 is 17.8 Å². The van der Waals surface area contributed by atoms with Crippen LogP contribution in [0.4, 0.5) is 0 Å². The molecule has 1 aromatic rings. The fourth-order valence-corrected chi connectivity index (χ4v) is 2.88. The lowest BCUT2D eigenvalue weighted by Gasteiger charge is -2.31. The summed E-state index contributed by atoms with van der Waals surface area (Å²) in [7, 11) is 1.48. The summed E-state index contributed by atoms with van der Waals surface area (Å²) in [4.78, 5) is 37.0. The van der Waals surface area contributed by atoms with Crippen molar-refractivity contribution < 1.29 is 19.5 Å². The van der Waals surface area contributed by atoms with Crippen molar-refractivity contribution in [2.45, 2.75) is 51.6 Å². The van der Waals surface area contributed by atoms with Crippen LogP contribution < -0.4 is 5.32 Å². The maximum atomic E-state index is 12.4. The molecule has 1 fully saturated rings. The largest absolute Gasteiger partial charge is 0.480 e. The van der Waals surface area contributed by atoms with Gasteiger partial charge in [-0.1, -0.05) is 25.0 Å². The summed E-state index contributed by atoms with van der Waals surface area (Å²) in [6, 6.07) is 6.88. The molecular formula is C19H26N2O4. The Labute approximate surface area is 148 Å². The van der Waals surface area contributed by atoms with Gasteiger partial charge in [-0.3, -0.25) is 9.59 Å². The van der Waals surface area contributed by atoms with Gasteiger partial charge in [0.15, 0.2) is 0 Å². The molecule has 0 aliphatic heterocycles. The maximum absolute atomic E-state index is 12.4. The molecular weight excluding hydrogens is 320 g/mol. The number of carbonyl (C=O) groups excluding carboxylic acids is 2. The van der Waals surface area contributed by atoms with Crippen LogP contribution in [-0.2, 0) is 16.1 Å². The predicted octanol–water partition coefficient (Wildman–Crippen LogP) is 2.43. The normalized spacial score (nSPS) is 15.0. The van der Waals surface area contributed by atoms with E-state index in [2.05, 4.69) is 5.32 Å². The minimum absolute atomic E-state index is 0.0978. The second-order valence-corrected chi connectivity index (χ2v) is 7.12. The van der Waals surface area contributed by atoms with Gasteiger partial charge in [-0.25, -0.2) is 4.79 Å². The molecule has 2 N–H and O–H groups in total. The molecule has 0 heterocycles. The monoisotopic (exact) mass is 346 g/mol. The summed E-state index contributed by atoms with van der Waals surface area (Å²) in [5.74, 6) is -1.18. The number of nitrogens with zero attached hydrogens (tertiary/aromatic N) is 1. The lowest BCUT2D eigenvalue weighted by atomic mass is 10.0. The number of carbonyl (C=O) groups is 3. The van der Waals surface area contributed by atoms with Gasteiger partial charge in [0, 0.05) is 25.1 Å². The molecule has 0 unspecified atom stereocenters. The van der Waals surface area contributed by atoms with Gasteiger partial charge in [-0.2, -0.15) is 0 Å². The van der Waals surface area contributed by atoms with Crippen LogP contribution in [0.3, 0.4) is 0 Å². The smallest absolute Gasteiger partial charge is 0.329 e. The zero-order chi connectivity index (χ0) is 18.6. The lowest BCUT2D eigenvalue weighted by Crippen LogP contribution is -2.50. The predicted molar refractivity (Wildman–Crippen MR) is 94.1 cm³/mol. The molecule has 1 saturated carbocycles. The lowest BCUT2D eigenvalue weighted by molar-refractivity contribution is -0.147. The van der Waals surface area contributed by atoms with Crippen molar-refractivity contribution in [1.82, 2.24) is 10.2 Å². The Hall–Kier alpha value is -2.37. The van der Waals surface area contributed by atoms with Crippen LogP contribution in [0.15, 0.2) is 24.3 Å². The topological polar surface area (TPSA) is 86.7 Å². The Bertz CT molecular complexity index is 646. The number of hydrogen-bond acceptors (Lipinski definition) is 3. The fraction of sp³-hybridized carbons (Fsp3) is 0.526. The highest BCUT2D eigenvalue weighted by atomic mass is 16.4. The zero-order valence-electron chi connectivity index (χ0n) is 15.0. The number of carboxylic acid groups (broad SMARTS) is 1. The van der Waals surface area contributed by atoms with Crippen molar-refractivity contribution in [2.75, 3.05) is 7.05 Å². The quantitative estimate of drug-likeness (QED) is 0.828. The van der Waals surface area contributed by atoms with Crippen LogP contribution in [0.1, 0.15) is 55.5 Å². The number of likely N-dealkylation sites (N-methyl/N-ethyl adjacent to an activating group) is 1.